The van der Waals surface area contributed by atoms with E-state index < -0.39 is 5.97 Å². The van der Waals surface area contributed by atoms with E-state index in [1.165, 1.54) is 29.5 Å². The highest BCUT2D eigenvalue weighted by atomic mass is 32.1. The molecule has 1 aromatic carbocycles. The summed E-state index contributed by atoms with van der Waals surface area (Å²) < 4.78 is 0. The number of thiophene rings is 1. The molecule has 0 aliphatic carbocycles. The lowest BCUT2D eigenvalue weighted by Gasteiger charge is -2.06. The van der Waals surface area contributed by atoms with Crippen LogP contribution in [0.1, 0.15) is 25.6 Å². The maximum absolute atomic E-state index is 11.9. The average Bonchev–Trinajstić information content (AvgIpc) is 2.75. The fraction of sp³-hybridized carbons (Fsp3) is 0.0769. The van der Waals surface area contributed by atoms with Crippen molar-refractivity contribution >= 4 is 28.9 Å². The number of benzene rings is 1. The van der Waals surface area contributed by atoms with Crippen molar-refractivity contribution < 1.29 is 19.8 Å². The van der Waals surface area contributed by atoms with Crippen LogP contribution in [-0.2, 0) is 0 Å². The standard InChI is InChI=1S/C13H11NO4S/c1-7-4-5-19-11(7)12(16)14-8-2-3-9(13(17)18)10(15)6-8/h2-6,15H,1H3,(H,14,16)(H,17,18). The van der Waals surface area contributed by atoms with Crippen LogP contribution in [0.15, 0.2) is 29.6 Å². The summed E-state index contributed by atoms with van der Waals surface area (Å²) in [6.07, 6.45) is 0. The molecule has 0 radical (unpaired) electrons. The van der Waals surface area contributed by atoms with Crippen molar-refractivity contribution in [3.63, 3.8) is 0 Å². The summed E-state index contributed by atoms with van der Waals surface area (Å²) >= 11 is 1.32. The van der Waals surface area contributed by atoms with Crippen LogP contribution >= 0.6 is 11.3 Å². The quantitative estimate of drug-likeness (QED) is 0.805. The number of anilines is 1. The number of aryl methyl sites for hydroxylation is 1. The minimum Gasteiger partial charge on any atom is -0.507 e. The molecule has 0 bridgehead atoms. The second-order valence-corrected chi connectivity index (χ2v) is 4.84. The molecular formula is C13H11NO4S. The monoisotopic (exact) mass is 277 g/mol. The molecule has 1 amide bonds. The lowest BCUT2D eigenvalue weighted by Crippen LogP contribution is -2.11. The first-order valence-corrected chi connectivity index (χ1v) is 6.28. The van der Waals surface area contributed by atoms with Crippen LogP contribution in [0.4, 0.5) is 5.69 Å². The van der Waals surface area contributed by atoms with Crippen LogP contribution in [0.3, 0.4) is 0 Å². The SMILES string of the molecule is Cc1ccsc1C(=O)Nc1ccc(C(=O)O)c(O)c1. The first-order chi connectivity index (χ1) is 8.99. The van der Waals surface area contributed by atoms with E-state index in [0.717, 1.165) is 5.56 Å². The Morgan fingerprint density at radius 2 is 2.00 bits per heavy atom. The van der Waals surface area contributed by atoms with Crippen molar-refractivity contribution in [2.45, 2.75) is 6.92 Å². The molecule has 0 spiro atoms. The molecule has 5 nitrogen and oxygen atoms in total. The molecule has 0 aliphatic heterocycles. The van der Waals surface area contributed by atoms with Crippen molar-refractivity contribution in [3.8, 4) is 5.75 Å². The van der Waals surface area contributed by atoms with E-state index in [9.17, 15) is 14.7 Å². The van der Waals surface area contributed by atoms with Crippen LogP contribution in [0.5, 0.6) is 5.75 Å². The molecular weight excluding hydrogens is 266 g/mol. The van der Waals surface area contributed by atoms with Gasteiger partial charge in [0.15, 0.2) is 0 Å². The van der Waals surface area contributed by atoms with E-state index in [1.807, 2.05) is 18.4 Å². The van der Waals surface area contributed by atoms with Gasteiger partial charge in [0.2, 0.25) is 0 Å². The van der Waals surface area contributed by atoms with Crippen LogP contribution in [0.25, 0.3) is 0 Å². The van der Waals surface area contributed by atoms with Gasteiger partial charge in [-0.3, -0.25) is 4.79 Å². The summed E-state index contributed by atoms with van der Waals surface area (Å²) in [5.41, 5.74) is 1.01. The Morgan fingerprint density at radius 3 is 2.53 bits per heavy atom. The van der Waals surface area contributed by atoms with Crippen molar-refractivity contribution in [3.05, 3.63) is 45.6 Å². The van der Waals surface area contributed by atoms with Gasteiger partial charge < -0.3 is 15.5 Å². The van der Waals surface area contributed by atoms with Crippen molar-refractivity contribution in [2.24, 2.45) is 0 Å². The number of carbonyl (C=O) groups excluding carboxylic acids is 1. The summed E-state index contributed by atoms with van der Waals surface area (Å²) in [4.78, 5) is 23.3. The van der Waals surface area contributed by atoms with Crippen molar-refractivity contribution in [1.82, 2.24) is 0 Å². The lowest BCUT2D eigenvalue weighted by molar-refractivity contribution is 0.0693. The Hall–Kier alpha value is -2.34. The normalized spacial score (nSPS) is 10.2. The highest BCUT2D eigenvalue weighted by Gasteiger charge is 2.13. The number of nitrogens with one attached hydrogen (secondary N) is 1. The van der Waals surface area contributed by atoms with Gasteiger partial charge in [-0.1, -0.05) is 0 Å². The molecule has 1 aromatic heterocycles. The third-order valence-corrected chi connectivity index (χ3v) is 3.57. The Kier molecular flexibility index (Phi) is 3.52. The van der Waals surface area contributed by atoms with Crippen LogP contribution < -0.4 is 5.32 Å². The number of carboxylic acid groups (broad SMARTS) is 1. The first kappa shape index (κ1) is 13.1. The number of hydrogen-bond acceptors (Lipinski definition) is 4. The molecule has 0 saturated heterocycles. The summed E-state index contributed by atoms with van der Waals surface area (Å²) in [5.74, 6) is -1.88. The summed E-state index contributed by atoms with van der Waals surface area (Å²) in [5, 5.41) is 22.7. The van der Waals surface area contributed by atoms with E-state index in [-0.39, 0.29) is 17.2 Å². The molecule has 6 heteroatoms. The largest absolute Gasteiger partial charge is 0.507 e. The number of aromatic carboxylic acids is 1. The maximum atomic E-state index is 11.9. The summed E-state index contributed by atoms with van der Waals surface area (Å²) in [7, 11) is 0. The molecule has 0 saturated carbocycles. The second kappa shape index (κ2) is 5.11. The molecule has 0 unspecified atom stereocenters. The van der Waals surface area contributed by atoms with Crippen molar-refractivity contribution in [2.75, 3.05) is 5.32 Å². The topological polar surface area (TPSA) is 86.6 Å². The Balaban J connectivity index is 2.21. The van der Waals surface area contributed by atoms with Gasteiger partial charge >= 0.3 is 5.97 Å². The third-order valence-electron chi connectivity index (χ3n) is 2.55. The van der Waals surface area contributed by atoms with E-state index in [2.05, 4.69) is 5.32 Å². The minimum atomic E-state index is -1.22. The van der Waals surface area contributed by atoms with Crippen molar-refractivity contribution in [1.29, 1.82) is 0 Å². The minimum absolute atomic E-state index is 0.203. The molecule has 1 heterocycles. The zero-order chi connectivity index (χ0) is 14.0. The summed E-state index contributed by atoms with van der Waals surface area (Å²) in [6, 6.07) is 5.73. The van der Waals surface area contributed by atoms with Gasteiger partial charge in [-0.15, -0.1) is 11.3 Å². The second-order valence-electron chi connectivity index (χ2n) is 3.92. The lowest BCUT2D eigenvalue weighted by atomic mass is 10.2. The summed E-state index contributed by atoms with van der Waals surface area (Å²) in [6.45, 7) is 1.83. The highest BCUT2D eigenvalue weighted by molar-refractivity contribution is 7.12. The molecule has 3 N–H and O–H groups in total. The highest BCUT2D eigenvalue weighted by Crippen LogP contribution is 2.23. The molecule has 2 rings (SSSR count). The molecule has 98 valence electrons. The molecule has 2 aromatic rings. The number of aromatic hydroxyl groups is 1. The third kappa shape index (κ3) is 2.74. The first-order valence-electron chi connectivity index (χ1n) is 5.41. The fourth-order valence-electron chi connectivity index (χ4n) is 1.58. The van der Waals surface area contributed by atoms with E-state index in [4.69, 9.17) is 5.11 Å². The number of amides is 1. The number of carboxylic acids is 1. The smallest absolute Gasteiger partial charge is 0.339 e. The van der Waals surface area contributed by atoms with Crippen LogP contribution in [0.2, 0.25) is 0 Å². The average molecular weight is 277 g/mol. The molecule has 0 aliphatic rings. The van der Waals surface area contributed by atoms with E-state index in [0.29, 0.717) is 10.6 Å². The molecule has 0 fully saturated rings. The Morgan fingerprint density at radius 1 is 1.26 bits per heavy atom. The predicted octanol–water partition coefficient (Wildman–Crippen LogP) is 2.71. The van der Waals surface area contributed by atoms with Crippen LogP contribution in [0, 0.1) is 6.92 Å². The molecule has 0 atom stereocenters. The fourth-order valence-corrected chi connectivity index (χ4v) is 2.40. The van der Waals surface area contributed by atoms with Gasteiger partial charge in [0, 0.05) is 11.8 Å². The van der Waals surface area contributed by atoms with Crippen LogP contribution in [-0.4, -0.2) is 22.1 Å². The van der Waals surface area contributed by atoms with Gasteiger partial charge in [0.1, 0.15) is 11.3 Å². The van der Waals surface area contributed by atoms with Gasteiger partial charge in [0.05, 0.1) is 4.88 Å². The number of rotatable bonds is 3. The van der Waals surface area contributed by atoms with Gasteiger partial charge in [-0.25, -0.2) is 4.79 Å². The van der Waals surface area contributed by atoms with Gasteiger partial charge in [-0.2, -0.15) is 0 Å². The van der Waals surface area contributed by atoms with E-state index >= 15 is 0 Å². The zero-order valence-corrected chi connectivity index (χ0v) is 10.8. The Bertz CT molecular complexity index is 648. The van der Waals surface area contributed by atoms with Gasteiger partial charge in [0.25, 0.3) is 5.91 Å². The number of hydrogen-bond donors (Lipinski definition) is 3. The van der Waals surface area contributed by atoms with E-state index in [1.54, 1.807) is 0 Å². The predicted molar refractivity (Wildman–Crippen MR) is 72.1 cm³/mol. The molecule has 19 heavy (non-hydrogen) atoms. The number of carbonyl (C=O) groups is 2. The zero-order valence-electron chi connectivity index (χ0n) is 10.0. The Labute approximate surface area is 113 Å². The maximum Gasteiger partial charge on any atom is 0.339 e. The number of phenols is 1. The van der Waals surface area contributed by atoms with Gasteiger partial charge in [-0.05, 0) is 36.1 Å².